The van der Waals surface area contributed by atoms with Crippen LogP contribution in [0.5, 0.6) is 0 Å². The van der Waals surface area contributed by atoms with Crippen LogP contribution in [0, 0.1) is 11.6 Å². The molecule has 0 amide bonds. The van der Waals surface area contributed by atoms with Crippen LogP contribution in [0.3, 0.4) is 0 Å². The van der Waals surface area contributed by atoms with E-state index in [9.17, 15) is 8.78 Å². The van der Waals surface area contributed by atoms with Gasteiger partial charge in [0.05, 0.1) is 12.7 Å². The molecule has 0 saturated carbocycles. The lowest BCUT2D eigenvalue weighted by atomic mass is 10.3. The fraction of sp³-hybridized carbons (Fsp3) is 0.100. The second kappa shape index (κ2) is 4.61. The summed E-state index contributed by atoms with van der Waals surface area (Å²) < 4.78 is 32.0. The van der Waals surface area contributed by atoms with Crippen molar-refractivity contribution in [3.05, 3.63) is 46.6 Å². The molecule has 3 nitrogen and oxygen atoms in total. The Bertz CT molecular complexity index is 465. The quantitative estimate of drug-likeness (QED) is 0.941. The lowest BCUT2D eigenvalue weighted by Gasteiger charge is -2.07. The van der Waals surface area contributed by atoms with E-state index in [4.69, 9.17) is 4.42 Å². The van der Waals surface area contributed by atoms with E-state index >= 15 is 0 Å². The standard InChI is InChI=1S/C10H7BrF2N2O/c11-6-1-8(12)10(9(13)2-6)15-4-7-3-14-5-16-7/h1-3,5,15H,4H2. The molecular formula is C10H7BrF2N2O. The molecule has 16 heavy (non-hydrogen) atoms. The molecule has 0 radical (unpaired) electrons. The smallest absolute Gasteiger partial charge is 0.180 e. The van der Waals surface area contributed by atoms with E-state index in [1.165, 1.54) is 24.7 Å². The molecule has 2 rings (SSSR count). The minimum absolute atomic E-state index is 0.176. The van der Waals surface area contributed by atoms with Crippen molar-refractivity contribution in [3.63, 3.8) is 0 Å². The maximum Gasteiger partial charge on any atom is 0.180 e. The van der Waals surface area contributed by atoms with Crippen LogP contribution in [0.1, 0.15) is 5.76 Å². The molecule has 0 aliphatic rings. The van der Waals surface area contributed by atoms with Gasteiger partial charge in [-0.05, 0) is 12.1 Å². The topological polar surface area (TPSA) is 38.1 Å². The van der Waals surface area contributed by atoms with Crippen LogP contribution < -0.4 is 5.32 Å². The number of rotatable bonds is 3. The SMILES string of the molecule is Fc1cc(Br)cc(F)c1NCc1cnco1. The second-order valence-electron chi connectivity index (χ2n) is 3.07. The molecule has 1 aromatic heterocycles. The molecule has 1 heterocycles. The molecule has 6 heteroatoms. The Morgan fingerprint density at radius 2 is 2.00 bits per heavy atom. The Morgan fingerprint density at radius 3 is 2.56 bits per heavy atom. The van der Waals surface area contributed by atoms with Gasteiger partial charge >= 0.3 is 0 Å². The first-order valence-electron chi connectivity index (χ1n) is 4.42. The molecule has 84 valence electrons. The molecule has 1 N–H and O–H groups in total. The average Bonchev–Trinajstić information content (AvgIpc) is 2.68. The molecule has 0 bridgehead atoms. The van der Waals surface area contributed by atoms with Crippen LogP contribution in [0.2, 0.25) is 0 Å². The van der Waals surface area contributed by atoms with Gasteiger partial charge in [-0.2, -0.15) is 0 Å². The third-order valence-electron chi connectivity index (χ3n) is 1.93. The third-order valence-corrected chi connectivity index (χ3v) is 2.39. The summed E-state index contributed by atoms with van der Waals surface area (Å²) in [5.41, 5.74) is -0.181. The predicted octanol–water partition coefficient (Wildman–Crippen LogP) is 3.33. The van der Waals surface area contributed by atoms with Crippen molar-refractivity contribution in [2.75, 3.05) is 5.32 Å². The van der Waals surface area contributed by atoms with Gasteiger partial charge in [0.1, 0.15) is 23.1 Å². The zero-order chi connectivity index (χ0) is 11.5. The van der Waals surface area contributed by atoms with E-state index < -0.39 is 11.6 Å². The van der Waals surface area contributed by atoms with Gasteiger partial charge in [0, 0.05) is 4.47 Å². The Labute approximate surface area is 98.6 Å². The van der Waals surface area contributed by atoms with Crippen LogP contribution in [0.15, 0.2) is 33.6 Å². The molecule has 0 fully saturated rings. The number of nitrogens with zero attached hydrogens (tertiary/aromatic N) is 1. The Hall–Kier alpha value is -1.43. The van der Waals surface area contributed by atoms with Gasteiger partial charge in [-0.3, -0.25) is 0 Å². The number of hydrogen-bond donors (Lipinski definition) is 1. The minimum Gasteiger partial charge on any atom is -0.447 e. The Morgan fingerprint density at radius 1 is 1.31 bits per heavy atom. The number of oxazole rings is 1. The van der Waals surface area contributed by atoms with Gasteiger partial charge in [0.15, 0.2) is 6.39 Å². The molecular weight excluding hydrogens is 282 g/mol. The van der Waals surface area contributed by atoms with E-state index in [1.54, 1.807) is 0 Å². The molecule has 0 atom stereocenters. The lowest BCUT2D eigenvalue weighted by Crippen LogP contribution is -2.03. The number of halogens is 3. The number of anilines is 1. The van der Waals surface area contributed by atoms with Gasteiger partial charge in [-0.25, -0.2) is 13.8 Å². The van der Waals surface area contributed by atoms with Crippen molar-refractivity contribution in [1.82, 2.24) is 4.98 Å². The summed E-state index contributed by atoms with van der Waals surface area (Å²) in [6.45, 7) is 0.176. The maximum atomic E-state index is 13.4. The summed E-state index contributed by atoms with van der Waals surface area (Å²) in [6.07, 6.45) is 2.73. The van der Waals surface area contributed by atoms with E-state index in [1.807, 2.05) is 0 Å². The predicted molar refractivity (Wildman–Crippen MR) is 57.9 cm³/mol. The second-order valence-corrected chi connectivity index (χ2v) is 3.98. The first-order valence-corrected chi connectivity index (χ1v) is 5.22. The van der Waals surface area contributed by atoms with Crippen LogP contribution in [0.4, 0.5) is 14.5 Å². The number of aromatic nitrogens is 1. The summed E-state index contributed by atoms with van der Waals surface area (Å²) in [7, 11) is 0. The molecule has 0 spiro atoms. The summed E-state index contributed by atoms with van der Waals surface area (Å²) in [5.74, 6) is -0.820. The van der Waals surface area contributed by atoms with Gasteiger partial charge in [-0.15, -0.1) is 0 Å². The van der Waals surface area contributed by atoms with Crippen LogP contribution in [0.25, 0.3) is 0 Å². The van der Waals surface area contributed by atoms with Crippen LogP contribution in [-0.4, -0.2) is 4.98 Å². The molecule has 0 aliphatic heterocycles. The normalized spacial score (nSPS) is 10.4. The summed E-state index contributed by atoms with van der Waals surface area (Å²) in [4.78, 5) is 3.69. The van der Waals surface area contributed by atoms with Crippen molar-refractivity contribution in [3.8, 4) is 0 Å². The van der Waals surface area contributed by atoms with Gasteiger partial charge in [0.25, 0.3) is 0 Å². The van der Waals surface area contributed by atoms with Crippen LogP contribution >= 0.6 is 15.9 Å². The highest BCUT2D eigenvalue weighted by atomic mass is 79.9. The minimum atomic E-state index is -0.661. The van der Waals surface area contributed by atoms with Crippen molar-refractivity contribution < 1.29 is 13.2 Å². The molecule has 0 aliphatic carbocycles. The monoisotopic (exact) mass is 288 g/mol. The van der Waals surface area contributed by atoms with Crippen molar-refractivity contribution in [2.45, 2.75) is 6.54 Å². The Kier molecular flexibility index (Phi) is 3.19. The fourth-order valence-electron chi connectivity index (χ4n) is 1.22. The first kappa shape index (κ1) is 11.1. The average molecular weight is 289 g/mol. The summed E-state index contributed by atoms with van der Waals surface area (Å²) in [6, 6.07) is 2.37. The zero-order valence-electron chi connectivity index (χ0n) is 8.01. The number of benzene rings is 1. The molecule has 0 saturated heterocycles. The lowest BCUT2D eigenvalue weighted by molar-refractivity contribution is 0.509. The number of nitrogens with one attached hydrogen (secondary N) is 1. The fourth-order valence-corrected chi connectivity index (χ4v) is 1.62. The summed E-state index contributed by atoms with van der Waals surface area (Å²) >= 11 is 3.00. The van der Waals surface area contributed by atoms with Gasteiger partial charge < -0.3 is 9.73 Å². The molecule has 0 unspecified atom stereocenters. The zero-order valence-corrected chi connectivity index (χ0v) is 9.59. The van der Waals surface area contributed by atoms with E-state index in [0.717, 1.165) is 0 Å². The highest BCUT2D eigenvalue weighted by Gasteiger charge is 2.10. The first-order chi connectivity index (χ1) is 7.66. The van der Waals surface area contributed by atoms with Gasteiger partial charge in [0.2, 0.25) is 0 Å². The third kappa shape index (κ3) is 2.38. The summed E-state index contributed by atoms with van der Waals surface area (Å²) in [5, 5.41) is 2.61. The largest absolute Gasteiger partial charge is 0.447 e. The van der Waals surface area contributed by atoms with Crippen LogP contribution in [-0.2, 0) is 6.54 Å². The molecule has 1 aromatic carbocycles. The van der Waals surface area contributed by atoms with E-state index in [0.29, 0.717) is 10.2 Å². The van der Waals surface area contributed by atoms with Gasteiger partial charge in [-0.1, -0.05) is 15.9 Å². The number of hydrogen-bond acceptors (Lipinski definition) is 3. The van der Waals surface area contributed by atoms with Crippen molar-refractivity contribution >= 4 is 21.6 Å². The van der Waals surface area contributed by atoms with Crippen molar-refractivity contribution in [1.29, 1.82) is 0 Å². The highest BCUT2D eigenvalue weighted by molar-refractivity contribution is 9.10. The van der Waals surface area contributed by atoms with Crippen molar-refractivity contribution in [2.24, 2.45) is 0 Å². The molecule has 2 aromatic rings. The van der Waals surface area contributed by atoms with E-state index in [2.05, 4.69) is 26.2 Å². The maximum absolute atomic E-state index is 13.4. The highest BCUT2D eigenvalue weighted by Crippen LogP contribution is 2.24. The Balaban J connectivity index is 2.15. The van der Waals surface area contributed by atoms with E-state index in [-0.39, 0.29) is 12.2 Å².